The van der Waals surface area contributed by atoms with Crippen LogP contribution in [0.25, 0.3) is 10.4 Å². The monoisotopic (exact) mass is 422 g/mol. The predicted octanol–water partition coefficient (Wildman–Crippen LogP) is 4.37. The smallest absolute Gasteiger partial charge is 0.349 e. The molecule has 0 fully saturated rings. The second-order valence-corrected chi connectivity index (χ2v) is 7.47. The Labute approximate surface area is 176 Å². The molecule has 8 heteroatoms. The number of aliphatic carboxylic acids is 1. The molecule has 152 valence electrons. The van der Waals surface area contributed by atoms with Gasteiger partial charge in [0.25, 0.3) is 0 Å². The van der Waals surface area contributed by atoms with Crippen LogP contribution in [0.5, 0.6) is 5.75 Å². The summed E-state index contributed by atoms with van der Waals surface area (Å²) in [4.78, 5) is 23.1. The first-order valence-electron chi connectivity index (χ1n) is 8.93. The van der Waals surface area contributed by atoms with Crippen molar-refractivity contribution in [3.63, 3.8) is 0 Å². The topological polar surface area (TPSA) is 120 Å². The number of anilines is 1. The van der Waals surface area contributed by atoms with Crippen LogP contribution in [0, 0.1) is 18.3 Å². The zero-order valence-electron chi connectivity index (χ0n) is 16.0. The van der Waals surface area contributed by atoms with Crippen molar-refractivity contribution in [2.24, 2.45) is 0 Å². The Hall–Kier alpha value is -3.83. The van der Waals surface area contributed by atoms with Crippen molar-refractivity contribution >= 4 is 29.0 Å². The average molecular weight is 422 g/mol. The van der Waals surface area contributed by atoms with Crippen LogP contribution in [0.1, 0.15) is 26.4 Å². The molecule has 0 amide bonds. The SMILES string of the molecule is Cc1c(-c2cccc(NCc3cccc(C#N)c3)c2)sc(C(=O)O)c1OCC(=O)O. The first kappa shape index (κ1) is 20.9. The van der Waals surface area contributed by atoms with E-state index in [-0.39, 0.29) is 10.6 Å². The third-order valence-corrected chi connectivity index (χ3v) is 5.61. The van der Waals surface area contributed by atoms with Crippen LogP contribution in [0.4, 0.5) is 5.69 Å². The Bertz CT molecular complexity index is 1150. The second kappa shape index (κ2) is 9.11. The Morgan fingerprint density at radius 1 is 1.17 bits per heavy atom. The van der Waals surface area contributed by atoms with Gasteiger partial charge in [0.1, 0.15) is 5.75 Å². The normalized spacial score (nSPS) is 10.3. The highest BCUT2D eigenvalue weighted by Crippen LogP contribution is 2.42. The number of ether oxygens (including phenoxy) is 1. The van der Waals surface area contributed by atoms with E-state index in [0.29, 0.717) is 22.5 Å². The van der Waals surface area contributed by atoms with E-state index in [4.69, 9.17) is 15.1 Å². The van der Waals surface area contributed by atoms with Crippen LogP contribution in [0.2, 0.25) is 0 Å². The van der Waals surface area contributed by atoms with Gasteiger partial charge < -0.3 is 20.3 Å². The average Bonchev–Trinajstić information content (AvgIpc) is 3.07. The maximum atomic E-state index is 11.6. The van der Waals surface area contributed by atoms with Gasteiger partial charge in [0.05, 0.1) is 11.6 Å². The number of nitrogens with zero attached hydrogens (tertiary/aromatic N) is 1. The van der Waals surface area contributed by atoms with Crippen LogP contribution in [0.3, 0.4) is 0 Å². The highest BCUT2D eigenvalue weighted by molar-refractivity contribution is 7.18. The summed E-state index contributed by atoms with van der Waals surface area (Å²) in [6, 6.07) is 16.9. The fourth-order valence-electron chi connectivity index (χ4n) is 2.95. The Kier molecular flexibility index (Phi) is 6.35. The lowest BCUT2D eigenvalue weighted by Gasteiger charge is -2.09. The van der Waals surface area contributed by atoms with E-state index in [0.717, 1.165) is 28.2 Å². The van der Waals surface area contributed by atoms with Gasteiger partial charge in [0.2, 0.25) is 0 Å². The largest absolute Gasteiger partial charge is 0.480 e. The molecule has 0 atom stereocenters. The number of thiophene rings is 1. The summed E-state index contributed by atoms with van der Waals surface area (Å²) in [5.41, 5.74) is 3.75. The van der Waals surface area contributed by atoms with Crippen LogP contribution in [0.15, 0.2) is 48.5 Å². The molecule has 0 aliphatic carbocycles. The van der Waals surface area contributed by atoms with Gasteiger partial charge in [0.15, 0.2) is 11.5 Å². The molecule has 2 aromatic carbocycles. The molecule has 30 heavy (non-hydrogen) atoms. The van der Waals surface area contributed by atoms with Crippen molar-refractivity contribution in [3.05, 3.63) is 70.1 Å². The number of aromatic carboxylic acids is 1. The Morgan fingerprint density at radius 2 is 1.93 bits per heavy atom. The first-order chi connectivity index (χ1) is 14.4. The lowest BCUT2D eigenvalue weighted by atomic mass is 10.1. The summed E-state index contributed by atoms with van der Waals surface area (Å²) < 4.78 is 5.24. The molecule has 3 aromatic rings. The number of hydrogen-bond acceptors (Lipinski definition) is 6. The molecule has 0 unspecified atom stereocenters. The molecular weight excluding hydrogens is 404 g/mol. The quantitative estimate of drug-likeness (QED) is 0.493. The number of nitrogens with one attached hydrogen (secondary N) is 1. The molecule has 0 aliphatic heterocycles. The lowest BCUT2D eigenvalue weighted by Crippen LogP contribution is -2.11. The molecule has 0 aliphatic rings. The van der Waals surface area contributed by atoms with Crippen molar-refractivity contribution in [2.75, 3.05) is 11.9 Å². The van der Waals surface area contributed by atoms with Gasteiger partial charge >= 0.3 is 11.9 Å². The maximum Gasteiger partial charge on any atom is 0.349 e. The summed E-state index contributed by atoms with van der Waals surface area (Å²) in [5, 5.41) is 30.6. The number of carboxylic acids is 2. The fraction of sp³-hybridized carbons (Fsp3) is 0.136. The minimum atomic E-state index is -1.18. The van der Waals surface area contributed by atoms with Gasteiger partial charge in [-0.3, -0.25) is 0 Å². The number of hydrogen-bond donors (Lipinski definition) is 3. The van der Waals surface area contributed by atoms with E-state index in [2.05, 4.69) is 11.4 Å². The Morgan fingerprint density at radius 3 is 2.63 bits per heavy atom. The molecule has 3 N–H and O–H groups in total. The second-order valence-electron chi connectivity index (χ2n) is 6.45. The summed E-state index contributed by atoms with van der Waals surface area (Å²) in [6.07, 6.45) is 0. The van der Waals surface area contributed by atoms with Crippen LogP contribution in [-0.4, -0.2) is 28.8 Å². The van der Waals surface area contributed by atoms with Gasteiger partial charge in [-0.1, -0.05) is 24.3 Å². The summed E-state index contributed by atoms with van der Waals surface area (Å²) in [7, 11) is 0. The summed E-state index contributed by atoms with van der Waals surface area (Å²) in [6.45, 7) is 1.62. The third-order valence-electron chi connectivity index (χ3n) is 4.30. The number of carbonyl (C=O) groups is 2. The molecule has 7 nitrogen and oxygen atoms in total. The highest BCUT2D eigenvalue weighted by Gasteiger charge is 2.23. The van der Waals surface area contributed by atoms with Crippen LogP contribution in [-0.2, 0) is 11.3 Å². The fourth-order valence-corrected chi connectivity index (χ4v) is 4.03. The van der Waals surface area contributed by atoms with Crippen LogP contribution >= 0.6 is 11.3 Å². The van der Waals surface area contributed by atoms with E-state index < -0.39 is 18.5 Å². The van der Waals surface area contributed by atoms with Gasteiger partial charge in [0, 0.05) is 22.7 Å². The minimum absolute atomic E-state index is 0.0320. The van der Waals surface area contributed by atoms with Crippen molar-refractivity contribution in [2.45, 2.75) is 13.5 Å². The Balaban J connectivity index is 1.86. The number of nitriles is 1. The maximum absolute atomic E-state index is 11.6. The molecule has 1 heterocycles. The summed E-state index contributed by atoms with van der Waals surface area (Å²) >= 11 is 1.05. The number of carboxylic acid groups (broad SMARTS) is 2. The standard InChI is InChI=1S/C22H18N2O5S/c1-13-19(29-12-18(25)26)21(22(27)28)30-20(13)16-6-3-7-17(9-16)24-11-15-5-2-4-14(8-15)10-23/h2-9,24H,11-12H2,1H3,(H,25,26)(H,27,28). The molecule has 1 aromatic heterocycles. The van der Waals surface area contributed by atoms with E-state index in [9.17, 15) is 14.7 Å². The molecule has 3 rings (SSSR count). The lowest BCUT2D eigenvalue weighted by molar-refractivity contribution is -0.139. The van der Waals surface area contributed by atoms with Crippen molar-refractivity contribution in [3.8, 4) is 22.3 Å². The summed E-state index contributed by atoms with van der Waals surface area (Å²) in [5.74, 6) is -2.26. The number of rotatable bonds is 8. The van der Waals surface area contributed by atoms with Gasteiger partial charge in [-0.25, -0.2) is 9.59 Å². The van der Waals surface area contributed by atoms with E-state index in [1.165, 1.54) is 0 Å². The van der Waals surface area contributed by atoms with Crippen LogP contribution < -0.4 is 10.1 Å². The van der Waals surface area contributed by atoms with E-state index >= 15 is 0 Å². The van der Waals surface area contributed by atoms with Gasteiger partial charge in [-0.05, 0) is 42.3 Å². The zero-order valence-corrected chi connectivity index (χ0v) is 16.8. The van der Waals surface area contributed by atoms with Crippen molar-refractivity contribution in [1.29, 1.82) is 5.26 Å². The molecule has 0 spiro atoms. The van der Waals surface area contributed by atoms with E-state index in [1.54, 1.807) is 13.0 Å². The van der Waals surface area contributed by atoms with Gasteiger partial charge in [-0.2, -0.15) is 5.26 Å². The zero-order chi connectivity index (χ0) is 21.7. The first-order valence-corrected chi connectivity index (χ1v) is 9.75. The third kappa shape index (κ3) is 4.77. The van der Waals surface area contributed by atoms with Crippen molar-refractivity contribution < 1.29 is 24.5 Å². The van der Waals surface area contributed by atoms with E-state index in [1.807, 2.05) is 42.5 Å². The molecular formula is C22H18N2O5S. The molecule has 0 radical (unpaired) electrons. The molecule has 0 saturated heterocycles. The molecule has 0 bridgehead atoms. The highest BCUT2D eigenvalue weighted by atomic mass is 32.1. The van der Waals surface area contributed by atoms with Crippen molar-refractivity contribution in [1.82, 2.24) is 0 Å². The predicted molar refractivity (Wildman–Crippen MR) is 113 cm³/mol. The van der Waals surface area contributed by atoms with Gasteiger partial charge in [-0.15, -0.1) is 11.3 Å². The minimum Gasteiger partial charge on any atom is -0.480 e. The number of benzene rings is 2. The molecule has 0 saturated carbocycles.